The molecule has 0 atom stereocenters. The fraction of sp³-hybridized carbons (Fsp3) is 0.571. The Morgan fingerprint density at radius 2 is 2.07 bits per heavy atom. The lowest BCUT2D eigenvalue weighted by molar-refractivity contribution is 0.522. The highest BCUT2D eigenvalue weighted by Gasteiger charge is 2.30. The molecule has 0 radical (unpaired) electrons. The van der Waals surface area contributed by atoms with Gasteiger partial charge in [0.15, 0.2) is 0 Å². The molecule has 1 aliphatic rings. The van der Waals surface area contributed by atoms with Crippen LogP contribution in [0.1, 0.15) is 50.3 Å². The molecule has 0 spiro atoms. The Hall–Kier alpha value is -0.780. The largest absolute Gasteiger partial charge is 0.0651 e. The van der Waals surface area contributed by atoms with Gasteiger partial charge in [-0.15, -0.1) is 0 Å². The van der Waals surface area contributed by atoms with Crippen LogP contribution in [0.5, 0.6) is 0 Å². The zero-order valence-corrected chi connectivity index (χ0v) is 9.56. The average Bonchev–Trinajstić information content (AvgIpc) is 2.45. The first-order valence-electron chi connectivity index (χ1n) is 5.76. The van der Waals surface area contributed by atoms with Crippen molar-refractivity contribution >= 4 is 0 Å². The molecule has 0 saturated carbocycles. The summed E-state index contributed by atoms with van der Waals surface area (Å²) >= 11 is 0. The number of aryl methyl sites for hydroxylation is 1. The van der Waals surface area contributed by atoms with E-state index < -0.39 is 0 Å². The molecule has 76 valence electrons. The Labute approximate surface area is 87.3 Å². The predicted molar refractivity (Wildman–Crippen MR) is 61.8 cm³/mol. The van der Waals surface area contributed by atoms with Gasteiger partial charge < -0.3 is 0 Å². The Morgan fingerprint density at radius 3 is 2.79 bits per heavy atom. The van der Waals surface area contributed by atoms with Crippen LogP contribution in [0.15, 0.2) is 18.2 Å². The van der Waals surface area contributed by atoms with Crippen molar-refractivity contribution in [3.05, 3.63) is 34.9 Å². The van der Waals surface area contributed by atoms with E-state index >= 15 is 0 Å². The summed E-state index contributed by atoms with van der Waals surface area (Å²) in [6.07, 6.45) is 5.12. The van der Waals surface area contributed by atoms with Gasteiger partial charge in [0.25, 0.3) is 0 Å². The van der Waals surface area contributed by atoms with Gasteiger partial charge in [0, 0.05) is 0 Å². The summed E-state index contributed by atoms with van der Waals surface area (Å²) in [6, 6.07) is 6.86. The van der Waals surface area contributed by atoms with Gasteiger partial charge in [-0.05, 0) is 41.4 Å². The van der Waals surface area contributed by atoms with E-state index in [0.29, 0.717) is 5.41 Å². The molecule has 0 heterocycles. The summed E-state index contributed by atoms with van der Waals surface area (Å²) in [7, 11) is 0. The second-order valence-corrected chi connectivity index (χ2v) is 5.08. The van der Waals surface area contributed by atoms with Crippen molar-refractivity contribution in [3.63, 3.8) is 0 Å². The van der Waals surface area contributed by atoms with Gasteiger partial charge in [-0.1, -0.05) is 45.4 Å². The minimum atomic E-state index is 0.416. The van der Waals surface area contributed by atoms with Gasteiger partial charge in [0.2, 0.25) is 0 Å². The summed E-state index contributed by atoms with van der Waals surface area (Å²) in [5, 5.41) is 0. The van der Waals surface area contributed by atoms with Crippen molar-refractivity contribution in [1.29, 1.82) is 0 Å². The van der Waals surface area contributed by atoms with Crippen LogP contribution in [0.25, 0.3) is 0 Å². The molecule has 0 bridgehead atoms. The smallest absolute Gasteiger partial charge is 0.00976 e. The summed E-state index contributed by atoms with van der Waals surface area (Å²) in [5.74, 6) is 0. The molecule has 2 rings (SSSR count). The molecule has 0 fully saturated rings. The Kier molecular flexibility index (Phi) is 2.38. The van der Waals surface area contributed by atoms with E-state index in [1.165, 1.54) is 25.7 Å². The van der Waals surface area contributed by atoms with Crippen LogP contribution in [0.3, 0.4) is 0 Å². The number of fused-ring (bicyclic) bond motifs is 1. The quantitative estimate of drug-likeness (QED) is 0.661. The molecule has 0 aliphatic heterocycles. The minimum Gasteiger partial charge on any atom is -0.0651 e. The van der Waals surface area contributed by atoms with Crippen LogP contribution in [-0.2, 0) is 18.3 Å². The van der Waals surface area contributed by atoms with E-state index in [1.807, 2.05) is 0 Å². The standard InChI is InChI=1S/C14H20/c1-4-6-11-7-5-8-13-12(11)9-10-14(13,2)3/h5,7-8H,4,6,9-10H2,1-3H3. The fourth-order valence-corrected chi connectivity index (χ4v) is 2.64. The molecule has 0 amide bonds. The van der Waals surface area contributed by atoms with E-state index in [9.17, 15) is 0 Å². The summed E-state index contributed by atoms with van der Waals surface area (Å²) in [6.45, 7) is 7.00. The van der Waals surface area contributed by atoms with Gasteiger partial charge in [0.05, 0.1) is 0 Å². The van der Waals surface area contributed by atoms with Crippen LogP contribution in [-0.4, -0.2) is 0 Å². The van der Waals surface area contributed by atoms with Crippen LogP contribution >= 0.6 is 0 Å². The monoisotopic (exact) mass is 188 g/mol. The maximum Gasteiger partial charge on any atom is -0.00976 e. The van der Waals surface area contributed by atoms with E-state index in [4.69, 9.17) is 0 Å². The van der Waals surface area contributed by atoms with Crippen LogP contribution < -0.4 is 0 Å². The van der Waals surface area contributed by atoms with Crippen LogP contribution in [0, 0.1) is 0 Å². The maximum atomic E-state index is 2.37. The molecule has 0 heteroatoms. The molecule has 1 aromatic rings. The molecule has 1 aromatic carbocycles. The normalized spacial score (nSPS) is 18.2. The molecule has 0 aromatic heterocycles. The van der Waals surface area contributed by atoms with E-state index in [0.717, 1.165) is 0 Å². The van der Waals surface area contributed by atoms with Crippen molar-refractivity contribution < 1.29 is 0 Å². The lowest BCUT2D eigenvalue weighted by atomic mass is 9.86. The first-order chi connectivity index (χ1) is 6.65. The summed E-state index contributed by atoms with van der Waals surface area (Å²) in [5.41, 5.74) is 5.26. The van der Waals surface area contributed by atoms with Crippen molar-refractivity contribution in [3.8, 4) is 0 Å². The molecule has 0 N–H and O–H groups in total. The van der Waals surface area contributed by atoms with Crippen molar-refractivity contribution in [2.45, 2.75) is 51.9 Å². The highest BCUT2D eigenvalue weighted by molar-refractivity contribution is 5.43. The van der Waals surface area contributed by atoms with Crippen LogP contribution in [0.2, 0.25) is 0 Å². The molecule has 0 saturated heterocycles. The molecule has 14 heavy (non-hydrogen) atoms. The highest BCUT2D eigenvalue weighted by atomic mass is 14.3. The molecular weight excluding hydrogens is 168 g/mol. The first kappa shape index (κ1) is 9.76. The lowest BCUT2D eigenvalue weighted by Crippen LogP contribution is -2.11. The fourth-order valence-electron chi connectivity index (χ4n) is 2.64. The SMILES string of the molecule is CCCc1cccc2c1CCC2(C)C. The van der Waals surface area contributed by atoms with Gasteiger partial charge in [0.1, 0.15) is 0 Å². The number of hydrogen-bond donors (Lipinski definition) is 0. The second kappa shape index (κ2) is 3.42. The van der Waals surface area contributed by atoms with Gasteiger partial charge in [-0.2, -0.15) is 0 Å². The number of hydrogen-bond acceptors (Lipinski definition) is 0. The molecule has 0 unspecified atom stereocenters. The van der Waals surface area contributed by atoms with Gasteiger partial charge in [-0.3, -0.25) is 0 Å². The molecule has 0 nitrogen and oxygen atoms in total. The summed E-state index contributed by atoms with van der Waals surface area (Å²) < 4.78 is 0. The van der Waals surface area contributed by atoms with E-state index in [1.54, 1.807) is 16.7 Å². The van der Waals surface area contributed by atoms with Crippen molar-refractivity contribution in [2.24, 2.45) is 0 Å². The highest BCUT2D eigenvalue weighted by Crippen LogP contribution is 2.39. The topological polar surface area (TPSA) is 0 Å². The summed E-state index contributed by atoms with van der Waals surface area (Å²) in [4.78, 5) is 0. The number of benzene rings is 1. The maximum absolute atomic E-state index is 2.37. The Balaban J connectivity index is 2.45. The zero-order chi connectivity index (χ0) is 10.2. The number of rotatable bonds is 2. The third-order valence-corrected chi connectivity index (χ3v) is 3.52. The Bertz CT molecular complexity index is 334. The van der Waals surface area contributed by atoms with Gasteiger partial charge in [-0.25, -0.2) is 0 Å². The van der Waals surface area contributed by atoms with Crippen molar-refractivity contribution in [2.75, 3.05) is 0 Å². The van der Waals surface area contributed by atoms with E-state index in [2.05, 4.69) is 39.0 Å². The lowest BCUT2D eigenvalue weighted by Gasteiger charge is -2.19. The molecular formula is C14H20. The predicted octanol–water partition coefficient (Wildman–Crippen LogP) is 3.86. The zero-order valence-electron chi connectivity index (χ0n) is 9.56. The first-order valence-corrected chi connectivity index (χ1v) is 5.76. The second-order valence-electron chi connectivity index (χ2n) is 5.08. The van der Waals surface area contributed by atoms with Crippen LogP contribution in [0.4, 0.5) is 0 Å². The minimum absolute atomic E-state index is 0.416. The third-order valence-electron chi connectivity index (χ3n) is 3.52. The average molecular weight is 188 g/mol. The third kappa shape index (κ3) is 1.47. The molecule has 1 aliphatic carbocycles. The van der Waals surface area contributed by atoms with Crippen molar-refractivity contribution in [1.82, 2.24) is 0 Å². The Morgan fingerprint density at radius 1 is 1.29 bits per heavy atom. The van der Waals surface area contributed by atoms with E-state index in [-0.39, 0.29) is 0 Å². The van der Waals surface area contributed by atoms with Gasteiger partial charge >= 0.3 is 0 Å².